The molecule has 0 saturated heterocycles. The lowest BCUT2D eigenvalue weighted by Gasteiger charge is -1.95. The van der Waals surface area contributed by atoms with Gasteiger partial charge in [-0.2, -0.15) is 0 Å². The van der Waals surface area contributed by atoms with Crippen LogP contribution in [0.1, 0.15) is 70.7 Å². The highest BCUT2D eigenvalue weighted by molar-refractivity contribution is 5.21. The van der Waals surface area contributed by atoms with E-state index in [1.54, 1.807) is 0 Å². The Balaban J connectivity index is 0. The number of hydrogen-bond acceptors (Lipinski definition) is 0. The van der Waals surface area contributed by atoms with Crippen LogP contribution in [0.3, 0.4) is 0 Å². The number of aryl methyl sites for hydroxylation is 4. The first kappa shape index (κ1) is 28.9. The number of benzene rings is 3. The highest BCUT2D eigenvalue weighted by Crippen LogP contribution is 2.03. The summed E-state index contributed by atoms with van der Waals surface area (Å²) in [5, 5.41) is 0. The van der Waals surface area contributed by atoms with Crippen LogP contribution in [0.5, 0.6) is 0 Å². The molecule has 3 rings (SSSR count). The smallest absolute Gasteiger partial charge is 0.0307 e. The SMILES string of the molecule is CC.CC.CCc1cccc(C)c1.CCc1ccccc1.CCc1ccccc1. The Bertz CT molecular complexity index is 629. The summed E-state index contributed by atoms with van der Waals surface area (Å²) < 4.78 is 0. The van der Waals surface area contributed by atoms with Gasteiger partial charge in [-0.3, -0.25) is 0 Å². The van der Waals surface area contributed by atoms with Crippen LogP contribution in [0.4, 0.5) is 0 Å². The summed E-state index contributed by atoms with van der Waals surface area (Å²) >= 11 is 0. The molecule has 0 N–H and O–H groups in total. The van der Waals surface area contributed by atoms with E-state index in [1.165, 1.54) is 22.3 Å². The first-order valence-electron chi connectivity index (χ1n) is 11.3. The molecule has 29 heavy (non-hydrogen) atoms. The highest BCUT2D eigenvalue weighted by atomic mass is 13.9. The van der Waals surface area contributed by atoms with Gasteiger partial charge in [-0.25, -0.2) is 0 Å². The maximum Gasteiger partial charge on any atom is -0.0307 e. The molecule has 0 heteroatoms. The van der Waals surface area contributed by atoms with E-state index in [2.05, 4.69) is 100 Å². The minimum atomic E-state index is 1.14. The summed E-state index contributed by atoms with van der Waals surface area (Å²) in [6, 6.07) is 29.5. The lowest BCUT2D eigenvalue weighted by Crippen LogP contribution is -1.78. The summed E-state index contributed by atoms with van der Waals surface area (Å²) in [5.41, 5.74) is 5.60. The Morgan fingerprint density at radius 3 is 1.03 bits per heavy atom. The van der Waals surface area contributed by atoms with E-state index in [0.717, 1.165) is 19.3 Å². The van der Waals surface area contributed by atoms with Gasteiger partial charge in [-0.05, 0) is 42.9 Å². The van der Waals surface area contributed by atoms with Gasteiger partial charge in [0.2, 0.25) is 0 Å². The average Bonchev–Trinajstić information content (AvgIpc) is 2.83. The maximum absolute atomic E-state index is 2.22. The van der Waals surface area contributed by atoms with Gasteiger partial charge in [0.15, 0.2) is 0 Å². The molecule has 0 radical (unpaired) electrons. The molecule has 0 bridgehead atoms. The Kier molecular flexibility index (Phi) is 21.9. The van der Waals surface area contributed by atoms with Gasteiger partial charge in [0, 0.05) is 0 Å². The third-order valence-corrected chi connectivity index (χ3v) is 3.99. The molecule has 0 atom stereocenters. The molecule has 0 fully saturated rings. The normalized spacial score (nSPS) is 8.41. The molecule has 0 aliphatic heterocycles. The summed E-state index contributed by atoms with van der Waals surface area (Å²) in [6.45, 7) is 16.6. The zero-order valence-electron chi connectivity index (χ0n) is 20.2. The fourth-order valence-electron chi connectivity index (χ4n) is 2.36. The van der Waals surface area contributed by atoms with E-state index in [4.69, 9.17) is 0 Å². The van der Waals surface area contributed by atoms with Crippen molar-refractivity contribution in [2.75, 3.05) is 0 Å². The first-order valence-corrected chi connectivity index (χ1v) is 11.3. The van der Waals surface area contributed by atoms with Crippen molar-refractivity contribution < 1.29 is 0 Å². The minimum absolute atomic E-state index is 1.14. The van der Waals surface area contributed by atoms with E-state index < -0.39 is 0 Å². The van der Waals surface area contributed by atoms with Crippen molar-refractivity contribution in [3.8, 4) is 0 Å². The first-order chi connectivity index (χ1) is 14.2. The molecular weight excluding hydrogens is 348 g/mol. The van der Waals surface area contributed by atoms with Gasteiger partial charge in [-0.1, -0.05) is 139 Å². The molecule has 160 valence electrons. The molecule has 3 aromatic rings. The van der Waals surface area contributed by atoms with E-state index in [-0.39, 0.29) is 0 Å². The predicted octanol–water partition coefficient (Wildman–Crippen LogP) is 9.11. The standard InChI is InChI=1S/C9H12.2C8H10.2C2H6/c1-3-9-6-4-5-8(2)7-9;2*1-2-8-6-4-3-5-7-8;2*1-2/h4-7H,3H2,1-2H3;2*3-7H,2H2,1H3;2*1-2H3. The Hall–Kier alpha value is -2.34. The quantitative estimate of drug-likeness (QED) is 0.417. The lowest BCUT2D eigenvalue weighted by atomic mass is 10.1. The van der Waals surface area contributed by atoms with Gasteiger partial charge >= 0.3 is 0 Å². The summed E-state index contributed by atoms with van der Waals surface area (Å²) in [4.78, 5) is 0. The van der Waals surface area contributed by atoms with Crippen molar-refractivity contribution in [3.63, 3.8) is 0 Å². The van der Waals surface area contributed by atoms with Crippen molar-refractivity contribution in [3.05, 3.63) is 107 Å². The van der Waals surface area contributed by atoms with Crippen molar-refractivity contribution in [2.45, 2.75) is 74.7 Å². The molecule has 0 amide bonds. The van der Waals surface area contributed by atoms with Crippen molar-refractivity contribution in [1.82, 2.24) is 0 Å². The largest absolute Gasteiger partial charge is 0.0683 e. The molecule has 0 aliphatic carbocycles. The van der Waals surface area contributed by atoms with Crippen molar-refractivity contribution in [1.29, 1.82) is 0 Å². The van der Waals surface area contributed by atoms with Gasteiger partial charge < -0.3 is 0 Å². The maximum atomic E-state index is 2.22. The van der Waals surface area contributed by atoms with Crippen LogP contribution in [0.15, 0.2) is 84.9 Å². The van der Waals surface area contributed by atoms with Crippen LogP contribution in [0, 0.1) is 6.92 Å². The monoisotopic (exact) mass is 392 g/mol. The zero-order chi connectivity index (χ0) is 22.3. The summed E-state index contributed by atoms with van der Waals surface area (Å²) in [5.74, 6) is 0. The number of hydrogen-bond donors (Lipinski definition) is 0. The van der Waals surface area contributed by atoms with Crippen LogP contribution in [-0.2, 0) is 19.3 Å². The van der Waals surface area contributed by atoms with Crippen LogP contribution < -0.4 is 0 Å². The fourth-order valence-corrected chi connectivity index (χ4v) is 2.36. The second-order valence-electron chi connectivity index (χ2n) is 6.02. The molecule has 0 aliphatic rings. The fraction of sp³-hybridized carbons (Fsp3) is 0.379. The van der Waals surface area contributed by atoms with Crippen LogP contribution in [0.2, 0.25) is 0 Å². The van der Waals surface area contributed by atoms with Crippen LogP contribution >= 0.6 is 0 Å². The molecule has 3 aromatic carbocycles. The van der Waals surface area contributed by atoms with Gasteiger partial charge in [0.25, 0.3) is 0 Å². The van der Waals surface area contributed by atoms with Crippen molar-refractivity contribution >= 4 is 0 Å². The lowest BCUT2D eigenvalue weighted by molar-refractivity contribution is 1.13. The molecule has 0 heterocycles. The predicted molar refractivity (Wildman–Crippen MR) is 135 cm³/mol. The number of rotatable bonds is 3. The second-order valence-corrected chi connectivity index (χ2v) is 6.02. The third kappa shape index (κ3) is 16.3. The highest BCUT2D eigenvalue weighted by Gasteiger charge is 1.86. The molecule has 0 aromatic heterocycles. The minimum Gasteiger partial charge on any atom is -0.0683 e. The van der Waals surface area contributed by atoms with Gasteiger partial charge in [0.05, 0.1) is 0 Å². The Morgan fingerprint density at radius 1 is 0.448 bits per heavy atom. The molecule has 0 spiro atoms. The molecule has 0 nitrogen and oxygen atoms in total. The van der Waals surface area contributed by atoms with E-state index in [9.17, 15) is 0 Å². The zero-order valence-corrected chi connectivity index (χ0v) is 20.2. The van der Waals surface area contributed by atoms with E-state index >= 15 is 0 Å². The summed E-state index contributed by atoms with van der Waals surface area (Å²) in [6.07, 6.45) is 3.42. The van der Waals surface area contributed by atoms with Gasteiger partial charge in [-0.15, -0.1) is 0 Å². The third-order valence-electron chi connectivity index (χ3n) is 3.99. The van der Waals surface area contributed by atoms with Gasteiger partial charge in [0.1, 0.15) is 0 Å². The average molecular weight is 393 g/mol. The van der Waals surface area contributed by atoms with Crippen molar-refractivity contribution in [2.24, 2.45) is 0 Å². The van der Waals surface area contributed by atoms with E-state index in [0.29, 0.717) is 0 Å². The summed E-state index contributed by atoms with van der Waals surface area (Å²) in [7, 11) is 0. The van der Waals surface area contributed by atoms with E-state index in [1.807, 2.05) is 39.8 Å². The molecular formula is C29H44. The van der Waals surface area contributed by atoms with Crippen LogP contribution in [-0.4, -0.2) is 0 Å². The second kappa shape index (κ2) is 22.0. The topological polar surface area (TPSA) is 0 Å². The Morgan fingerprint density at radius 2 is 0.793 bits per heavy atom. The Labute approximate surface area is 182 Å². The molecule has 0 unspecified atom stereocenters. The van der Waals surface area contributed by atoms with Crippen LogP contribution in [0.25, 0.3) is 0 Å². The molecule has 0 saturated carbocycles.